The molecule has 1 atom stereocenters. The fraction of sp³-hybridized carbons (Fsp3) is 0.625. The van der Waals surface area contributed by atoms with E-state index in [1.165, 1.54) is 16.7 Å². The van der Waals surface area contributed by atoms with E-state index in [1.54, 1.807) is 0 Å². The average molecular weight is 286 g/mol. The summed E-state index contributed by atoms with van der Waals surface area (Å²) in [6, 6.07) is 4.64. The van der Waals surface area contributed by atoms with E-state index in [4.69, 9.17) is 10.5 Å². The van der Waals surface area contributed by atoms with Crippen LogP contribution in [0.4, 0.5) is 0 Å². The van der Waals surface area contributed by atoms with Crippen molar-refractivity contribution in [2.75, 3.05) is 6.61 Å². The van der Waals surface area contributed by atoms with Crippen molar-refractivity contribution in [3.8, 4) is 5.75 Å². The lowest BCUT2D eigenvalue weighted by molar-refractivity contribution is 0.314. The van der Waals surface area contributed by atoms with Crippen molar-refractivity contribution in [3.63, 3.8) is 0 Å². The van der Waals surface area contributed by atoms with Gasteiger partial charge in [-0.15, -0.1) is 12.4 Å². The predicted molar refractivity (Wildman–Crippen MR) is 85.7 cm³/mol. The van der Waals surface area contributed by atoms with Crippen LogP contribution in [0.2, 0.25) is 0 Å². The average Bonchev–Trinajstić information content (AvgIpc) is 2.26. The highest BCUT2D eigenvalue weighted by atomic mass is 35.5. The Hall–Kier alpha value is -0.730. The van der Waals surface area contributed by atoms with E-state index in [0.717, 1.165) is 25.2 Å². The summed E-state index contributed by atoms with van der Waals surface area (Å²) in [5, 5.41) is 0. The Kier molecular flexibility index (Phi) is 8.12. The van der Waals surface area contributed by atoms with Gasteiger partial charge in [-0.1, -0.05) is 26.8 Å². The molecule has 1 aromatic rings. The Balaban J connectivity index is 0.00000324. The minimum absolute atomic E-state index is 0. The van der Waals surface area contributed by atoms with Gasteiger partial charge in [-0.05, 0) is 55.4 Å². The lowest BCUT2D eigenvalue weighted by atomic mass is 9.91. The van der Waals surface area contributed by atoms with Gasteiger partial charge < -0.3 is 10.5 Å². The van der Waals surface area contributed by atoms with E-state index in [-0.39, 0.29) is 18.4 Å². The Morgan fingerprint density at radius 2 is 1.84 bits per heavy atom. The van der Waals surface area contributed by atoms with E-state index in [2.05, 4.69) is 46.8 Å². The van der Waals surface area contributed by atoms with Crippen molar-refractivity contribution in [1.82, 2.24) is 0 Å². The first-order valence-corrected chi connectivity index (χ1v) is 6.97. The lowest BCUT2D eigenvalue weighted by Crippen LogP contribution is -2.19. The molecule has 0 spiro atoms. The molecule has 3 heteroatoms. The lowest BCUT2D eigenvalue weighted by Gasteiger charge is -2.18. The molecular weight excluding hydrogens is 258 g/mol. The molecule has 0 saturated heterocycles. The van der Waals surface area contributed by atoms with Crippen LogP contribution in [0.25, 0.3) is 0 Å². The number of nitrogens with two attached hydrogens (primary N) is 1. The van der Waals surface area contributed by atoms with Crippen LogP contribution in [0.3, 0.4) is 0 Å². The van der Waals surface area contributed by atoms with Gasteiger partial charge in [0, 0.05) is 6.04 Å². The predicted octanol–water partition coefficient (Wildman–Crippen LogP) is 4.22. The highest BCUT2D eigenvalue weighted by molar-refractivity contribution is 5.85. The zero-order chi connectivity index (χ0) is 13.7. The van der Waals surface area contributed by atoms with Gasteiger partial charge in [-0.2, -0.15) is 0 Å². The third kappa shape index (κ3) is 5.42. The molecule has 2 nitrogen and oxygen atoms in total. The van der Waals surface area contributed by atoms with Crippen LogP contribution in [0, 0.1) is 6.92 Å². The third-order valence-corrected chi connectivity index (χ3v) is 3.06. The molecule has 0 amide bonds. The summed E-state index contributed by atoms with van der Waals surface area (Å²) >= 11 is 0. The SMILES string of the molecule is CCCOc1cc(C(C)C)c(CC(C)N)cc1C.Cl. The number of ether oxygens (including phenoxy) is 1. The van der Waals surface area contributed by atoms with E-state index in [1.807, 2.05) is 0 Å². The maximum absolute atomic E-state index is 5.93. The Bertz CT molecular complexity index is 389. The van der Waals surface area contributed by atoms with Gasteiger partial charge in [-0.3, -0.25) is 0 Å². The smallest absolute Gasteiger partial charge is 0.122 e. The molecule has 0 radical (unpaired) electrons. The molecule has 0 aromatic heterocycles. The second-order valence-corrected chi connectivity index (χ2v) is 5.50. The summed E-state index contributed by atoms with van der Waals surface area (Å²) in [6.45, 7) is 11.5. The number of halogens is 1. The topological polar surface area (TPSA) is 35.2 Å². The molecule has 0 saturated carbocycles. The summed E-state index contributed by atoms with van der Waals surface area (Å²) < 4.78 is 5.81. The first-order valence-electron chi connectivity index (χ1n) is 6.97. The fourth-order valence-electron chi connectivity index (χ4n) is 2.19. The van der Waals surface area contributed by atoms with Crippen LogP contribution in [0.1, 0.15) is 56.7 Å². The number of benzene rings is 1. The maximum atomic E-state index is 5.93. The Morgan fingerprint density at radius 3 is 2.32 bits per heavy atom. The first kappa shape index (κ1) is 18.3. The monoisotopic (exact) mass is 285 g/mol. The van der Waals surface area contributed by atoms with Gasteiger partial charge in [-0.25, -0.2) is 0 Å². The van der Waals surface area contributed by atoms with Crippen LogP contribution < -0.4 is 10.5 Å². The Labute approximate surface area is 124 Å². The van der Waals surface area contributed by atoms with Crippen molar-refractivity contribution in [2.24, 2.45) is 5.73 Å². The molecule has 110 valence electrons. The van der Waals surface area contributed by atoms with Gasteiger partial charge in [0.05, 0.1) is 6.61 Å². The normalized spacial score (nSPS) is 12.2. The molecule has 19 heavy (non-hydrogen) atoms. The number of rotatable bonds is 6. The molecule has 0 aliphatic rings. The molecular formula is C16H28ClNO. The molecule has 0 heterocycles. The standard InChI is InChI=1S/C16H27NO.ClH/c1-6-7-18-16-10-15(11(2)3)14(8-12(16)4)9-13(5)17;/h8,10-11,13H,6-7,9,17H2,1-5H3;1H. The minimum Gasteiger partial charge on any atom is -0.493 e. The van der Waals surface area contributed by atoms with Crippen molar-refractivity contribution in [2.45, 2.75) is 59.4 Å². The summed E-state index contributed by atoms with van der Waals surface area (Å²) in [4.78, 5) is 0. The van der Waals surface area contributed by atoms with Gasteiger partial charge in [0.1, 0.15) is 5.75 Å². The third-order valence-electron chi connectivity index (χ3n) is 3.06. The van der Waals surface area contributed by atoms with Crippen molar-refractivity contribution in [3.05, 3.63) is 28.8 Å². The fourth-order valence-corrected chi connectivity index (χ4v) is 2.19. The highest BCUT2D eigenvalue weighted by Crippen LogP contribution is 2.29. The first-order chi connectivity index (χ1) is 8.45. The molecule has 1 aromatic carbocycles. The van der Waals surface area contributed by atoms with Gasteiger partial charge >= 0.3 is 0 Å². The van der Waals surface area contributed by atoms with Gasteiger partial charge in [0.15, 0.2) is 0 Å². The van der Waals surface area contributed by atoms with Crippen LogP contribution in [0.5, 0.6) is 5.75 Å². The maximum Gasteiger partial charge on any atom is 0.122 e. The summed E-state index contributed by atoms with van der Waals surface area (Å²) in [6.07, 6.45) is 1.97. The minimum atomic E-state index is 0. The largest absolute Gasteiger partial charge is 0.493 e. The quantitative estimate of drug-likeness (QED) is 0.849. The molecule has 0 fully saturated rings. The van der Waals surface area contributed by atoms with E-state index in [9.17, 15) is 0 Å². The van der Waals surface area contributed by atoms with Gasteiger partial charge in [0.2, 0.25) is 0 Å². The Morgan fingerprint density at radius 1 is 1.21 bits per heavy atom. The number of aryl methyl sites for hydroxylation is 1. The summed E-state index contributed by atoms with van der Waals surface area (Å²) in [5.74, 6) is 1.53. The zero-order valence-electron chi connectivity index (χ0n) is 12.8. The van der Waals surface area contributed by atoms with Gasteiger partial charge in [0.25, 0.3) is 0 Å². The molecule has 2 N–H and O–H groups in total. The summed E-state index contributed by atoms with van der Waals surface area (Å²) in [5.41, 5.74) is 9.87. The second kappa shape index (κ2) is 8.44. The van der Waals surface area contributed by atoms with Crippen molar-refractivity contribution < 1.29 is 4.74 Å². The van der Waals surface area contributed by atoms with E-state index >= 15 is 0 Å². The van der Waals surface area contributed by atoms with Crippen LogP contribution >= 0.6 is 12.4 Å². The van der Waals surface area contributed by atoms with E-state index < -0.39 is 0 Å². The van der Waals surface area contributed by atoms with Crippen LogP contribution in [-0.2, 0) is 6.42 Å². The molecule has 1 rings (SSSR count). The zero-order valence-corrected chi connectivity index (χ0v) is 13.6. The van der Waals surface area contributed by atoms with Crippen LogP contribution in [0.15, 0.2) is 12.1 Å². The molecule has 1 unspecified atom stereocenters. The van der Waals surface area contributed by atoms with Crippen molar-refractivity contribution >= 4 is 12.4 Å². The highest BCUT2D eigenvalue weighted by Gasteiger charge is 2.12. The number of hydrogen-bond acceptors (Lipinski definition) is 2. The second-order valence-electron chi connectivity index (χ2n) is 5.50. The number of hydrogen-bond donors (Lipinski definition) is 1. The van der Waals surface area contributed by atoms with E-state index in [0.29, 0.717) is 5.92 Å². The summed E-state index contributed by atoms with van der Waals surface area (Å²) in [7, 11) is 0. The molecule has 0 aliphatic heterocycles. The molecule has 0 bridgehead atoms. The van der Waals surface area contributed by atoms with Crippen molar-refractivity contribution in [1.29, 1.82) is 0 Å². The van der Waals surface area contributed by atoms with Crippen LogP contribution in [-0.4, -0.2) is 12.6 Å². The molecule has 0 aliphatic carbocycles.